The van der Waals surface area contributed by atoms with E-state index in [1.54, 1.807) is 0 Å². The van der Waals surface area contributed by atoms with E-state index in [0.29, 0.717) is 5.56 Å². The van der Waals surface area contributed by atoms with Gasteiger partial charge in [-0.1, -0.05) is 31.5 Å². The zero-order chi connectivity index (χ0) is 10.4. The first kappa shape index (κ1) is 10.8. The third-order valence-corrected chi connectivity index (χ3v) is 2.22. The van der Waals surface area contributed by atoms with Gasteiger partial charge in [0.25, 0.3) is 0 Å². The molecule has 0 aromatic heterocycles. The molecule has 0 radical (unpaired) electrons. The fraction of sp³-hybridized carbons (Fsp3) is 0.417. The van der Waals surface area contributed by atoms with Gasteiger partial charge >= 0.3 is 5.97 Å². The first-order chi connectivity index (χ1) is 6.79. The van der Waals surface area contributed by atoms with Gasteiger partial charge in [-0.3, -0.25) is 0 Å². The Balaban J connectivity index is 2.85. The van der Waals surface area contributed by atoms with Crippen molar-refractivity contribution in [2.24, 2.45) is 0 Å². The van der Waals surface area contributed by atoms with Gasteiger partial charge in [-0.25, -0.2) is 4.79 Å². The average molecular weight is 192 g/mol. The van der Waals surface area contributed by atoms with Crippen molar-refractivity contribution in [3.63, 3.8) is 0 Å². The number of unbranched alkanes of at least 4 members (excludes halogenated alkanes) is 1. The van der Waals surface area contributed by atoms with Crippen LogP contribution >= 0.6 is 0 Å². The van der Waals surface area contributed by atoms with E-state index in [9.17, 15) is 4.79 Å². The molecule has 0 atom stereocenters. The summed E-state index contributed by atoms with van der Waals surface area (Å²) in [6.07, 6.45) is 3.19. The molecule has 0 bridgehead atoms. The number of aryl methyl sites for hydroxylation is 1. The molecule has 1 rings (SSSR count). The lowest BCUT2D eigenvalue weighted by atomic mass is 10.0. The molecule has 2 heteroatoms. The number of hydrogen-bond acceptors (Lipinski definition) is 2. The number of methoxy groups -OCH3 is 1. The van der Waals surface area contributed by atoms with Gasteiger partial charge in [0.15, 0.2) is 0 Å². The first-order valence-electron chi connectivity index (χ1n) is 4.95. The number of hydrogen-bond donors (Lipinski definition) is 0. The predicted octanol–water partition coefficient (Wildman–Crippen LogP) is 2.82. The fourth-order valence-electron chi connectivity index (χ4n) is 1.41. The summed E-state index contributed by atoms with van der Waals surface area (Å²) in [4.78, 5) is 11.4. The topological polar surface area (TPSA) is 26.3 Å². The molecule has 1 aromatic rings. The minimum absolute atomic E-state index is 0.239. The van der Waals surface area contributed by atoms with Gasteiger partial charge in [0.05, 0.1) is 12.7 Å². The molecule has 0 aliphatic carbocycles. The molecule has 0 saturated carbocycles. The van der Waals surface area contributed by atoms with Crippen LogP contribution in [0.1, 0.15) is 35.7 Å². The van der Waals surface area contributed by atoms with Gasteiger partial charge in [0.2, 0.25) is 0 Å². The summed E-state index contributed by atoms with van der Waals surface area (Å²) in [5, 5.41) is 0. The van der Waals surface area contributed by atoms with Crippen LogP contribution in [-0.4, -0.2) is 13.1 Å². The number of esters is 1. The molecule has 2 nitrogen and oxygen atoms in total. The third kappa shape index (κ3) is 2.59. The zero-order valence-corrected chi connectivity index (χ0v) is 8.75. The Morgan fingerprint density at radius 3 is 2.71 bits per heavy atom. The number of carbonyl (C=O) groups is 1. The molecule has 0 N–H and O–H groups in total. The Morgan fingerprint density at radius 1 is 1.36 bits per heavy atom. The Morgan fingerprint density at radius 2 is 2.07 bits per heavy atom. The molecular formula is C12H16O2. The molecule has 0 saturated heterocycles. The Bertz CT molecular complexity index is 305. The van der Waals surface area contributed by atoms with Gasteiger partial charge in [-0.2, -0.15) is 0 Å². The molecule has 0 aliphatic rings. The summed E-state index contributed by atoms with van der Waals surface area (Å²) < 4.78 is 4.72. The SMILES string of the molecule is CCCCc1ccccc1C(=O)OC. The number of rotatable bonds is 4. The predicted molar refractivity (Wildman–Crippen MR) is 56.4 cm³/mol. The van der Waals surface area contributed by atoms with Crippen LogP contribution in [0.25, 0.3) is 0 Å². The highest BCUT2D eigenvalue weighted by molar-refractivity contribution is 5.90. The van der Waals surface area contributed by atoms with Crippen molar-refractivity contribution < 1.29 is 9.53 Å². The van der Waals surface area contributed by atoms with Gasteiger partial charge in [-0.05, 0) is 24.5 Å². The molecule has 1 aromatic carbocycles. The second-order valence-corrected chi connectivity index (χ2v) is 3.25. The molecule has 0 spiro atoms. The van der Waals surface area contributed by atoms with Crippen LogP contribution in [0.3, 0.4) is 0 Å². The van der Waals surface area contributed by atoms with E-state index in [1.165, 1.54) is 7.11 Å². The maximum atomic E-state index is 11.4. The maximum Gasteiger partial charge on any atom is 0.338 e. The van der Waals surface area contributed by atoms with Gasteiger partial charge in [-0.15, -0.1) is 0 Å². The first-order valence-corrected chi connectivity index (χ1v) is 4.95. The van der Waals surface area contributed by atoms with E-state index in [2.05, 4.69) is 6.92 Å². The summed E-state index contributed by atoms with van der Waals surface area (Å²) in [5.41, 5.74) is 1.78. The summed E-state index contributed by atoms with van der Waals surface area (Å²) in [6.45, 7) is 2.14. The van der Waals surface area contributed by atoms with Crippen LogP contribution in [0.5, 0.6) is 0 Å². The van der Waals surface area contributed by atoms with Crippen LogP contribution in [0.4, 0.5) is 0 Å². The standard InChI is InChI=1S/C12H16O2/c1-3-4-7-10-8-5-6-9-11(10)12(13)14-2/h5-6,8-9H,3-4,7H2,1-2H3. The number of carbonyl (C=O) groups excluding carboxylic acids is 1. The molecule has 14 heavy (non-hydrogen) atoms. The van der Waals surface area contributed by atoms with E-state index in [-0.39, 0.29) is 5.97 Å². The van der Waals surface area contributed by atoms with E-state index in [0.717, 1.165) is 24.8 Å². The number of benzene rings is 1. The highest BCUT2D eigenvalue weighted by atomic mass is 16.5. The van der Waals surface area contributed by atoms with Crippen molar-refractivity contribution in [1.82, 2.24) is 0 Å². The monoisotopic (exact) mass is 192 g/mol. The second-order valence-electron chi connectivity index (χ2n) is 3.25. The molecule has 0 fully saturated rings. The Hall–Kier alpha value is -1.31. The summed E-state index contributed by atoms with van der Waals surface area (Å²) in [7, 11) is 1.42. The quantitative estimate of drug-likeness (QED) is 0.686. The Kier molecular flexibility index (Phi) is 4.17. The molecule has 76 valence electrons. The summed E-state index contributed by atoms with van der Waals surface area (Å²) >= 11 is 0. The Labute approximate surface area is 84.9 Å². The van der Waals surface area contributed by atoms with E-state index in [1.807, 2.05) is 24.3 Å². The summed E-state index contributed by atoms with van der Waals surface area (Å²) in [6, 6.07) is 7.62. The lowest BCUT2D eigenvalue weighted by molar-refractivity contribution is 0.0599. The second kappa shape index (κ2) is 5.43. The molecule has 0 aliphatic heterocycles. The van der Waals surface area contributed by atoms with Gasteiger partial charge < -0.3 is 4.74 Å². The highest BCUT2D eigenvalue weighted by Gasteiger charge is 2.09. The van der Waals surface area contributed by atoms with Crippen molar-refractivity contribution >= 4 is 5.97 Å². The lowest BCUT2D eigenvalue weighted by Crippen LogP contribution is -2.05. The van der Waals surface area contributed by atoms with Crippen LogP contribution in [0.2, 0.25) is 0 Å². The lowest BCUT2D eigenvalue weighted by Gasteiger charge is -2.06. The van der Waals surface area contributed by atoms with Crippen molar-refractivity contribution in [2.75, 3.05) is 7.11 Å². The van der Waals surface area contributed by atoms with Crippen LogP contribution in [0, 0.1) is 0 Å². The van der Waals surface area contributed by atoms with Crippen LogP contribution < -0.4 is 0 Å². The van der Waals surface area contributed by atoms with Crippen molar-refractivity contribution in [2.45, 2.75) is 26.2 Å². The average Bonchev–Trinajstić information content (AvgIpc) is 2.25. The number of ether oxygens (including phenoxy) is 1. The van der Waals surface area contributed by atoms with Crippen molar-refractivity contribution in [3.05, 3.63) is 35.4 Å². The van der Waals surface area contributed by atoms with Crippen molar-refractivity contribution in [3.8, 4) is 0 Å². The fourth-order valence-corrected chi connectivity index (χ4v) is 1.41. The van der Waals surface area contributed by atoms with Crippen LogP contribution in [0.15, 0.2) is 24.3 Å². The molecule has 0 heterocycles. The highest BCUT2D eigenvalue weighted by Crippen LogP contribution is 2.12. The van der Waals surface area contributed by atoms with E-state index >= 15 is 0 Å². The van der Waals surface area contributed by atoms with Gasteiger partial charge in [0, 0.05) is 0 Å². The van der Waals surface area contributed by atoms with Crippen LogP contribution in [-0.2, 0) is 11.2 Å². The molecular weight excluding hydrogens is 176 g/mol. The third-order valence-electron chi connectivity index (χ3n) is 2.22. The smallest absolute Gasteiger partial charge is 0.338 e. The van der Waals surface area contributed by atoms with Crippen molar-refractivity contribution in [1.29, 1.82) is 0 Å². The zero-order valence-electron chi connectivity index (χ0n) is 8.75. The largest absolute Gasteiger partial charge is 0.465 e. The molecule has 0 amide bonds. The van der Waals surface area contributed by atoms with E-state index < -0.39 is 0 Å². The normalized spacial score (nSPS) is 9.86. The minimum Gasteiger partial charge on any atom is -0.465 e. The minimum atomic E-state index is -0.239. The maximum absolute atomic E-state index is 11.4. The van der Waals surface area contributed by atoms with E-state index in [4.69, 9.17) is 4.74 Å². The van der Waals surface area contributed by atoms with Gasteiger partial charge in [0.1, 0.15) is 0 Å². The summed E-state index contributed by atoms with van der Waals surface area (Å²) in [5.74, 6) is -0.239. The molecule has 0 unspecified atom stereocenters.